The standard InChI is InChI=1S/C22H29F2N5O3/c23-15-5-7-17(24)19(11-15)26-22(31)25-18-8-6-16(32-21(18)13-30)9-10-29-12-20(27-28-29)14-3-1-2-4-14/h5,7,11-12,14,16,18,21,30H,1-4,6,8-10,13H2,(H2,25,26,31)/t16-,18-,21-/m0/s1. The third kappa shape index (κ3) is 5.60. The summed E-state index contributed by atoms with van der Waals surface area (Å²) >= 11 is 0. The maximum absolute atomic E-state index is 13.7. The Hall–Kier alpha value is -2.59. The molecule has 10 heteroatoms. The van der Waals surface area contributed by atoms with Crippen LogP contribution in [0.15, 0.2) is 24.4 Å². The first-order valence-corrected chi connectivity index (χ1v) is 11.2. The Morgan fingerprint density at radius 2 is 2.03 bits per heavy atom. The van der Waals surface area contributed by atoms with E-state index >= 15 is 0 Å². The first-order chi connectivity index (χ1) is 15.5. The van der Waals surface area contributed by atoms with Crippen molar-refractivity contribution < 1.29 is 23.4 Å². The van der Waals surface area contributed by atoms with Gasteiger partial charge in [0, 0.05) is 24.7 Å². The van der Waals surface area contributed by atoms with Crippen LogP contribution < -0.4 is 10.6 Å². The normalized spacial score (nSPS) is 23.9. The largest absolute Gasteiger partial charge is 0.394 e. The third-order valence-corrected chi connectivity index (χ3v) is 6.30. The number of carbonyl (C=O) groups excluding carboxylic acids is 1. The van der Waals surface area contributed by atoms with E-state index in [1.165, 1.54) is 25.7 Å². The summed E-state index contributed by atoms with van der Waals surface area (Å²) in [5, 5.41) is 23.3. The van der Waals surface area contributed by atoms with E-state index in [4.69, 9.17) is 4.74 Å². The number of ether oxygens (including phenoxy) is 1. The molecular weight excluding hydrogens is 420 g/mol. The zero-order valence-corrected chi connectivity index (χ0v) is 17.8. The fourth-order valence-corrected chi connectivity index (χ4v) is 4.54. The number of anilines is 1. The monoisotopic (exact) mass is 449 g/mol. The van der Waals surface area contributed by atoms with Gasteiger partial charge in [-0.1, -0.05) is 18.1 Å². The third-order valence-electron chi connectivity index (χ3n) is 6.30. The minimum absolute atomic E-state index is 0.0759. The number of rotatable bonds is 7. The number of halogens is 2. The van der Waals surface area contributed by atoms with E-state index in [1.54, 1.807) is 0 Å². The summed E-state index contributed by atoms with van der Waals surface area (Å²) in [6, 6.07) is 1.72. The number of benzene rings is 1. The summed E-state index contributed by atoms with van der Waals surface area (Å²) in [4.78, 5) is 12.2. The molecule has 8 nitrogen and oxygen atoms in total. The van der Waals surface area contributed by atoms with Crippen LogP contribution in [-0.2, 0) is 11.3 Å². The molecule has 3 N–H and O–H groups in total. The summed E-state index contributed by atoms with van der Waals surface area (Å²) in [5.74, 6) is -0.863. The minimum atomic E-state index is -0.732. The van der Waals surface area contributed by atoms with Crippen molar-refractivity contribution in [2.45, 2.75) is 75.7 Å². The number of carbonyl (C=O) groups is 1. The molecule has 1 aliphatic heterocycles. The van der Waals surface area contributed by atoms with Crippen LogP contribution in [0.2, 0.25) is 0 Å². The topological polar surface area (TPSA) is 101 Å². The minimum Gasteiger partial charge on any atom is -0.394 e. The van der Waals surface area contributed by atoms with Gasteiger partial charge in [0.15, 0.2) is 0 Å². The second kappa shape index (κ2) is 10.4. The number of aliphatic hydroxyl groups is 1. The maximum atomic E-state index is 13.7. The van der Waals surface area contributed by atoms with E-state index in [-0.39, 0.29) is 18.4 Å². The van der Waals surface area contributed by atoms with Gasteiger partial charge in [0.25, 0.3) is 0 Å². The smallest absolute Gasteiger partial charge is 0.319 e. The fourth-order valence-electron chi connectivity index (χ4n) is 4.54. The van der Waals surface area contributed by atoms with Crippen molar-refractivity contribution in [1.29, 1.82) is 0 Å². The van der Waals surface area contributed by atoms with Crippen molar-refractivity contribution >= 4 is 11.7 Å². The molecule has 1 aromatic heterocycles. The van der Waals surface area contributed by atoms with E-state index < -0.39 is 29.8 Å². The van der Waals surface area contributed by atoms with Gasteiger partial charge in [-0.2, -0.15) is 0 Å². The van der Waals surface area contributed by atoms with Crippen molar-refractivity contribution in [3.05, 3.63) is 41.7 Å². The van der Waals surface area contributed by atoms with Crippen molar-refractivity contribution in [1.82, 2.24) is 20.3 Å². The quantitative estimate of drug-likeness (QED) is 0.602. The molecule has 0 bridgehead atoms. The molecule has 0 radical (unpaired) electrons. The summed E-state index contributed by atoms with van der Waals surface area (Å²) in [6.45, 7) is 0.408. The van der Waals surface area contributed by atoms with Crippen LogP contribution in [0.1, 0.15) is 56.6 Å². The number of nitrogens with zero attached hydrogens (tertiary/aromatic N) is 3. The van der Waals surface area contributed by atoms with Crippen LogP contribution in [-0.4, -0.2) is 51.0 Å². The van der Waals surface area contributed by atoms with Gasteiger partial charge in [-0.3, -0.25) is 4.68 Å². The molecule has 1 saturated heterocycles. The Morgan fingerprint density at radius 1 is 1.22 bits per heavy atom. The lowest BCUT2D eigenvalue weighted by atomic mass is 9.97. The molecule has 0 spiro atoms. The molecule has 1 aliphatic carbocycles. The van der Waals surface area contributed by atoms with Gasteiger partial charge in [-0.25, -0.2) is 13.6 Å². The lowest BCUT2D eigenvalue weighted by Gasteiger charge is -2.36. The predicted octanol–water partition coefficient (Wildman–Crippen LogP) is 3.33. The van der Waals surface area contributed by atoms with E-state index in [9.17, 15) is 18.7 Å². The molecule has 3 atom stereocenters. The molecule has 4 rings (SSSR count). The van der Waals surface area contributed by atoms with Gasteiger partial charge < -0.3 is 20.5 Å². The van der Waals surface area contributed by atoms with Gasteiger partial charge >= 0.3 is 6.03 Å². The predicted molar refractivity (Wildman–Crippen MR) is 113 cm³/mol. The molecule has 2 heterocycles. The average Bonchev–Trinajstić information content (AvgIpc) is 3.47. The zero-order chi connectivity index (χ0) is 22.5. The number of hydrogen-bond acceptors (Lipinski definition) is 5. The van der Waals surface area contributed by atoms with Gasteiger partial charge in [0.2, 0.25) is 0 Å². The number of aryl methyl sites for hydroxylation is 1. The molecule has 174 valence electrons. The molecule has 2 amide bonds. The van der Waals surface area contributed by atoms with Gasteiger partial charge in [-0.15, -0.1) is 5.10 Å². The molecular formula is C22H29F2N5O3. The molecule has 1 saturated carbocycles. The number of aromatic nitrogens is 3. The number of urea groups is 1. The molecule has 2 aromatic rings. The van der Waals surface area contributed by atoms with E-state index in [2.05, 4.69) is 20.9 Å². The number of amides is 2. The van der Waals surface area contributed by atoms with E-state index in [1.807, 2.05) is 10.9 Å². The summed E-state index contributed by atoms with van der Waals surface area (Å²) in [5.41, 5.74) is 0.813. The molecule has 32 heavy (non-hydrogen) atoms. The summed E-state index contributed by atoms with van der Waals surface area (Å²) in [7, 11) is 0. The average molecular weight is 450 g/mol. The van der Waals surface area contributed by atoms with Crippen molar-refractivity contribution in [3.8, 4) is 0 Å². The second-order valence-corrected chi connectivity index (χ2v) is 8.56. The SMILES string of the molecule is O=C(Nc1cc(F)ccc1F)N[C@H]1CC[C@@H](CCn2cc(C3CCCC3)nn2)O[C@H]1CO. The molecule has 2 aliphatic rings. The van der Waals surface area contributed by atoms with E-state index in [0.29, 0.717) is 25.3 Å². The van der Waals surface area contributed by atoms with Gasteiger partial charge in [0.05, 0.1) is 30.1 Å². The molecule has 0 unspecified atom stereocenters. The Kier molecular flexibility index (Phi) is 7.31. The maximum Gasteiger partial charge on any atom is 0.319 e. The van der Waals surface area contributed by atoms with E-state index in [0.717, 1.165) is 30.3 Å². The first-order valence-electron chi connectivity index (χ1n) is 11.2. The van der Waals surface area contributed by atoms with Crippen LogP contribution in [0, 0.1) is 11.6 Å². The highest BCUT2D eigenvalue weighted by Gasteiger charge is 2.32. The summed E-state index contributed by atoms with van der Waals surface area (Å²) < 4.78 is 34.8. The lowest BCUT2D eigenvalue weighted by Crippen LogP contribution is -2.52. The Morgan fingerprint density at radius 3 is 2.81 bits per heavy atom. The Labute approximate surface area is 185 Å². The fraction of sp³-hybridized carbons (Fsp3) is 0.591. The van der Waals surface area contributed by atoms with Crippen LogP contribution in [0.5, 0.6) is 0 Å². The van der Waals surface area contributed by atoms with Gasteiger partial charge in [-0.05, 0) is 44.2 Å². The second-order valence-electron chi connectivity index (χ2n) is 8.56. The highest BCUT2D eigenvalue weighted by molar-refractivity contribution is 5.89. The Bertz CT molecular complexity index is 919. The van der Waals surface area contributed by atoms with Crippen LogP contribution in [0.25, 0.3) is 0 Å². The van der Waals surface area contributed by atoms with Crippen LogP contribution >= 0.6 is 0 Å². The summed E-state index contributed by atoms with van der Waals surface area (Å²) in [6.07, 6.45) is 8.22. The first kappa shape index (κ1) is 22.6. The highest BCUT2D eigenvalue weighted by atomic mass is 19.1. The lowest BCUT2D eigenvalue weighted by molar-refractivity contribution is -0.0905. The Balaban J connectivity index is 1.25. The number of aliphatic hydroxyl groups excluding tert-OH is 1. The van der Waals surface area contributed by atoms with Crippen molar-refractivity contribution in [2.75, 3.05) is 11.9 Å². The van der Waals surface area contributed by atoms with Crippen LogP contribution in [0.4, 0.5) is 19.3 Å². The van der Waals surface area contributed by atoms with Crippen LogP contribution in [0.3, 0.4) is 0 Å². The van der Waals surface area contributed by atoms with Crippen molar-refractivity contribution in [3.63, 3.8) is 0 Å². The zero-order valence-electron chi connectivity index (χ0n) is 17.8. The number of nitrogens with one attached hydrogen (secondary N) is 2. The van der Waals surface area contributed by atoms with Crippen molar-refractivity contribution in [2.24, 2.45) is 0 Å². The van der Waals surface area contributed by atoms with Gasteiger partial charge in [0.1, 0.15) is 17.7 Å². The number of hydrogen-bond donors (Lipinski definition) is 3. The molecule has 1 aromatic carbocycles. The highest BCUT2D eigenvalue weighted by Crippen LogP contribution is 2.32. The molecule has 2 fully saturated rings.